The molecule has 8 heteroatoms. The van der Waals surface area contributed by atoms with E-state index in [9.17, 15) is 18.0 Å². The molecule has 41 heavy (non-hydrogen) atoms. The van der Waals surface area contributed by atoms with Gasteiger partial charge >= 0.3 is 0 Å². The standard InChI is InChI=1S/C33H41N3O4S/c1-3-28-19-13-14-22-30(28)36(41(2,39)40)25-32(37)35(24-27-17-9-5-10-18-27)31(23-26-15-7-4-8-16-26)33(38)34-29-20-11-6-12-21-29/h4-5,7-10,13-19,22,29,31H,3,6,11-12,20-21,23-25H2,1-2H3,(H,34,38)/t31-/m0/s1. The quantitative estimate of drug-likeness (QED) is 0.325. The molecule has 0 heterocycles. The third kappa shape index (κ3) is 8.43. The molecule has 0 aromatic heterocycles. The number of hydrogen-bond acceptors (Lipinski definition) is 4. The molecule has 1 aliphatic carbocycles. The van der Waals surface area contributed by atoms with Crippen molar-refractivity contribution in [2.75, 3.05) is 17.1 Å². The summed E-state index contributed by atoms with van der Waals surface area (Å²) in [4.78, 5) is 29.8. The number of nitrogens with one attached hydrogen (secondary N) is 1. The first-order valence-electron chi connectivity index (χ1n) is 14.5. The van der Waals surface area contributed by atoms with Crippen LogP contribution in [0.4, 0.5) is 5.69 Å². The molecule has 4 rings (SSSR count). The van der Waals surface area contributed by atoms with Crippen LogP contribution in [0.1, 0.15) is 55.7 Å². The zero-order chi connectivity index (χ0) is 29.2. The number of aryl methyl sites for hydroxylation is 1. The van der Waals surface area contributed by atoms with Gasteiger partial charge in [-0.2, -0.15) is 0 Å². The second kappa shape index (κ2) is 14.3. The monoisotopic (exact) mass is 575 g/mol. The lowest BCUT2D eigenvalue weighted by Gasteiger charge is -2.35. The second-order valence-corrected chi connectivity index (χ2v) is 12.7. The third-order valence-corrected chi connectivity index (χ3v) is 8.87. The molecular formula is C33H41N3O4S. The molecule has 3 aromatic rings. The molecule has 218 valence electrons. The minimum atomic E-state index is -3.79. The average Bonchev–Trinajstić information content (AvgIpc) is 2.98. The van der Waals surface area contributed by atoms with Crippen LogP contribution in [0, 0.1) is 0 Å². The normalized spacial score (nSPS) is 14.7. The van der Waals surface area contributed by atoms with Crippen molar-refractivity contribution in [2.24, 2.45) is 0 Å². The Labute approximate surface area is 244 Å². The first-order chi connectivity index (χ1) is 19.8. The van der Waals surface area contributed by atoms with Gasteiger partial charge in [-0.3, -0.25) is 13.9 Å². The van der Waals surface area contributed by atoms with E-state index in [4.69, 9.17) is 0 Å². The molecule has 0 aliphatic heterocycles. The molecule has 0 spiro atoms. The van der Waals surface area contributed by atoms with Crippen LogP contribution in [0.2, 0.25) is 0 Å². The topological polar surface area (TPSA) is 86.8 Å². The predicted molar refractivity (Wildman–Crippen MR) is 164 cm³/mol. The maximum absolute atomic E-state index is 14.2. The van der Waals surface area contributed by atoms with Crippen LogP contribution in [-0.4, -0.2) is 50.0 Å². The summed E-state index contributed by atoms with van der Waals surface area (Å²) in [5.41, 5.74) is 3.11. The van der Waals surface area contributed by atoms with Gasteiger partial charge < -0.3 is 10.2 Å². The van der Waals surface area contributed by atoms with Gasteiger partial charge in [0.25, 0.3) is 0 Å². The van der Waals surface area contributed by atoms with Gasteiger partial charge in [-0.1, -0.05) is 105 Å². The van der Waals surface area contributed by atoms with Gasteiger partial charge in [-0.05, 0) is 42.0 Å². The number of nitrogens with zero attached hydrogens (tertiary/aromatic N) is 2. The Morgan fingerprint density at radius 2 is 1.44 bits per heavy atom. The molecule has 0 unspecified atom stereocenters. The maximum Gasteiger partial charge on any atom is 0.244 e. The van der Waals surface area contributed by atoms with E-state index >= 15 is 0 Å². The number of hydrogen-bond donors (Lipinski definition) is 1. The Kier molecular flexibility index (Phi) is 10.6. The van der Waals surface area contributed by atoms with Gasteiger partial charge in [0, 0.05) is 19.0 Å². The average molecular weight is 576 g/mol. The molecule has 1 aliphatic rings. The summed E-state index contributed by atoms with van der Waals surface area (Å²) in [6, 6.07) is 25.7. The van der Waals surface area contributed by atoms with Crippen molar-refractivity contribution in [1.29, 1.82) is 0 Å². The van der Waals surface area contributed by atoms with E-state index in [1.54, 1.807) is 17.0 Å². The van der Waals surface area contributed by atoms with E-state index in [0.717, 1.165) is 48.6 Å². The van der Waals surface area contributed by atoms with Crippen LogP contribution < -0.4 is 9.62 Å². The van der Waals surface area contributed by atoms with Crippen LogP contribution in [0.5, 0.6) is 0 Å². The molecule has 0 saturated heterocycles. The summed E-state index contributed by atoms with van der Waals surface area (Å²) in [5.74, 6) is -0.630. The SMILES string of the molecule is CCc1ccccc1N(CC(=O)N(Cc1ccccc1)[C@@H](Cc1ccccc1)C(=O)NC1CCCCC1)S(C)(=O)=O. The minimum Gasteiger partial charge on any atom is -0.352 e. The second-order valence-electron chi connectivity index (χ2n) is 10.8. The summed E-state index contributed by atoms with van der Waals surface area (Å²) < 4.78 is 27.3. The van der Waals surface area contributed by atoms with E-state index in [1.807, 2.05) is 79.7 Å². The number of carbonyl (C=O) groups excluding carboxylic acids is 2. The van der Waals surface area contributed by atoms with E-state index in [2.05, 4.69) is 5.32 Å². The van der Waals surface area contributed by atoms with Crippen molar-refractivity contribution in [3.05, 3.63) is 102 Å². The van der Waals surface area contributed by atoms with Gasteiger partial charge in [0.15, 0.2) is 0 Å². The van der Waals surface area contributed by atoms with Gasteiger partial charge in [0.05, 0.1) is 11.9 Å². The molecule has 0 bridgehead atoms. The number of benzene rings is 3. The summed E-state index contributed by atoms with van der Waals surface area (Å²) in [6.45, 7) is 1.74. The maximum atomic E-state index is 14.2. The molecule has 0 radical (unpaired) electrons. The fourth-order valence-corrected chi connectivity index (χ4v) is 6.41. The Morgan fingerprint density at radius 3 is 2.05 bits per heavy atom. The van der Waals surface area contributed by atoms with E-state index < -0.39 is 28.5 Å². The highest BCUT2D eigenvalue weighted by molar-refractivity contribution is 7.92. The Bertz CT molecular complexity index is 1390. The fourth-order valence-electron chi connectivity index (χ4n) is 5.53. The van der Waals surface area contributed by atoms with Crippen molar-refractivity contribution < 1.29 is 18.0 Å². The lowest BCUT2D eigenvalue weighted by atomic mass is 9.94. The number of anilines is 1. The summed E-state index contributed by atoms with van der Waals surface area (Å²) in [7, 11) is -3.79. The highest BCUT2D eigenvalue weighted by atomic mass is 32.2. The van der Waals surface area contributed by atoms with Crippen LogP contribution in [0.3, 0.4) is 0 Å². The van der Waals surface area contributed by atoms with E-state index in [-0.39, 0.29) is 18.5 Å². The van der Waals surface area contributed by atoms with Gasteiger partial charge in [0.2, 0.25) is 21.8 Å². The Morgan fingerprint density at radius 1 is 0.854 bits per heavy atom. The minimum absolute atomic E-state index is 0.0761. The lowest BCUT2D eigenvalue weighted by Crippen LogP contribution is -2.55. The first-order valence-corrected chi connectivity index (χ1v) is 16.3. The highest BCUT2D eigenvalue weighted by Crippen LogP contribution is 2.25. The number of amides is 2. The van der Waals surface area contributed by atoms with Crippen LogP contribution >= 0.6 is 0 Å². The number of rotatable bonds is 12. The first kappa shape index (κ1) is 30.3. The Balaban J connectivity index is 1.72. The molecule has 1 atom stereocenters. The summed E-state index contributed by atoms with van der Waals surface area (Å²) >= 11 is 0. The zero-order valence-electron chi connectivity index (χ0n) is 24.0. The molecule has 3 aromatic carbocycles. The van der Waals surface area contributed by atoms with Crippen molar-refractivity contribution in [1.82, 2.24) is 10.2 Å². The summed E-state index contributed by atoms with van der Waals surface area (Å²) in [6.07, 6.45) is 7.21. The van der Waals surface area contributed by atoms with Gasteiger partial charge in [-0.15, -0.1) is 0 Å². The lowest BCUT2D eigenvalue weighted by molar-refractivity contribution is -0.140. The van der Waals surface area contributed by atoms with Gasteiger partial charge in [0.1, 0.15) is 12.6 Å². The molecule has 2 amide bonds. The van der Waals surface area contributed by atoms with Crippen molar-refractivity contribution in [2.45, 2.75) is 70.5 Å². The smallest absolute Gasteiger partial charge is 0.244 e. The van der Waals surface area contributed by atoms with Crippen LogP contribution in [0.15, 0.2) is 84.9 Å². The number of para-hydroxylation sites is 1. The van der Waals surface area contributed by atoms with E-state index in [1.165, 1.54) is 10.7 Å². The molecule has 1 N–H and O–H groups in total. The largest absolute Gasteiger partial charge is 0.352 e. The van der Waals surface area contributed by atoms with Gasteiger partial charge in [-0.25, -0.2) is 8.42 Å². The Hall–Kier alpha value is -3.65. The molecule has 7 nitrogen and oxygen atoms in total. The molecular weight excluding hydrogens is 534 g/mol. The zero-order valence-corrected chi connectivity index (χ0v) is 24.9. The molecule has 1 fully saturated rings. The van der Waals surface area contributed by atoms with Crippen LogP contribution in [0.25, 0.3) is 0 Å². The van der Waals surface area contributed by atoms with Crippen LogP contribution in [-0.2, 0) is 39.0 Å². The number of sulfonamides is 1. The fraction of sp³-hybridized carbons (Fsp3) is 0.394. The van der Waals surface area contributed by atoms with Crippen molar-refractivity contribution in [3.8, 4) is 0 Å². The number of carbonyl (C=O) groups is 2. The van der Waals surface area contributed by atoms with Crippen molar-refractivity contribution in [3.63, 3.8) is 0 Å². The van der Waals surface area contributed by atoms with Crippen molar-refractivity contribution >= 4 is 27.5 Å². The highest BCUT2D eigenvalue weighted by Gasteiger charge is 2.34. The summed E-state index contributed by atoms with van der Waals surface area (Å²) in [5, 5.41) is 3.23. The van der Waals surface area contributed by atoms with E-state index in [0.29, 0.717) is 18.5 Å². The predicted octanol–water partition coefficient (Wildman–Crippen LogP) is 5.10. The third-order valence-electron chi connectivity index (χ3n) is 7.74. The molecule has 1 saturated carbocycles.